The van der Waals surface area contributed by atoms with Crippen molar-refractivity contribution in [1.29, 1.82) is 0 Å². The SMILES string of the molecule is Cc1cc(CO)ccc1SC1CCOC1C. The summed E-state index contributed by atoms with van der Waals surface area (Å²) in [6, 6.07) is 6.16. The number of ether oxygens (including phenoxy) is 1. The third-order valence-corrected chi connectivity index (χ3v) is 4.64. The van der Waals surface area contributed by atoms with Gasteiger partial charge in [-0.15, -0.1) is 11.8 Å². The van der Waals surface area contributed by atoms with E-state index >= 15 is 0 Å². The molecule has 0 bridgehead atoms. The Morgan fingerprint density at radius 3 is 2.88 bits per heavy atom. The van der Waals surface area contributed by atoms with Crippen LogP contribution in [0.5, 0.6) is 0 Å². The van der Waals surface area contributed by atoms with Crippen molar-refractivity contribution in [3.8, 4) is 0 Å². The highest BCUT2D eigenvalue weighted by Gasteiger charge is 2.25. The van der Waals surface area contributed by atoms with Gasteiger partial charge in [0.25, 0.3) is 0 Å². The van der Waals surface area contributed by atoms with Crippen LogP contribution in [0.2, 0.25) is 0 Å². The van der Waals surface area contributed by atoms with Crippen LogP contribution < -0.4 is 0 Å². The van der Waals surface area contributed by atoms with E-state index in [2.05, 4.69) is 26.0 Å². The lowest BCUT2D eigenvalue weighted by atomic mass is 10.1. The molecule has 1 aliphatic rings. The van der Waals surface area contributed by atoms with Crippen molar-refractivity contribution in [2.75, 3.05) is 6.61 Å². The fourth-order valence-corrected chi connectivity index (χ4v) is 3.17. The van der Waals surface area contributed by atoms with Crippen molar-refractivity contribution in [3.63, 3.8) is 0 Å². The van der Waals surface area contributed by atoms with E-state index in [1.165, 1.54) is 10.5 Å². The standard InChI is InChI=1S/C13H18O2S/c1-9-7-11(8-14)3-4-12(9)16-13-5-6-15-10(13)2/h3-4,7,10,13-14H,5-6,8H2,1-2H3. The normalized spacial score (nSPS) is 24.9. The average molecular weight is 238 g/mol. The number of aliphatic hydroxyl groups is 1. The maximum Gasteiger partial charge on any atom is 0.0681 e. The number of hydrogen-bond acceptors (Lipinski definition) is 3. The summed E-state index contributed by atoms with van der Waals surface area (Å²) in [7, 11) is 0. The lowest BCUT2D eigenvalue weighted by Gasteiger charge is -2.15. The summed E-state index contributed by atoms with van der Waals surface area (Å²) in [5, 5.41) is 9.62. The molecule has 2 nitrogen and oxygen atoms in total. The van der Waals surface area contributed by atoms with E-state index in [9.17, 15) is 0 Å². The van der Waals surface area contributed by atoms with E-state index in [0.717, 1.165) is 18.6 Å². The van der Waals surface area contributed by atoms with Crippen LogP contribution in [0.3, 0.4) is 0 Å². The first kappa shape index (κ1) is 12.0. The molecule has 2 rings (SSSR count). The molecule has 1 aromatic rings. The maximum atomic E-state index is 9.05. The molecular weight excluding hydrogens is 220 g/mol. The van der Waals surface area contributed by atoms with Crippen LogP contribution in [0.25, 0.3) is 0 Å². The Morgan fingerprint density at radius 2 is 2.31 bits per heavy atom. The second-order valence-electron chi connectivity index (χ2n) is 4.28. The van der Waals surface area contributed by atoms with E-state index in [4.69, 9.17) is 9.84 Å². The van der Waals surface area contributed by atoms with E-state index < -0.39 is 0 Å². The molecule has 1 saturated heterocycles. The predicted molar refractivity (Wildman–Crippen MR) is 66.8 cm³/mol. The van der Waals surface area contributed by atoms with Gasteiger partial charge in [-0.2, -0.15) is 0 Å². The van der Waals surface area contributed by atoms with Gasteiger partial charge in [-0.3, -0.25) is 0 Å². The molecule has 1 aromatic carbocycles. The zero-order valence-electron chi connectivity index (χ0n) is 9.77. The largest absolute Gasteiger partial charge is 0.392 e. The van der Waals surface area contributed by atoms with Gasteiger partial charge >= 0.3 is 0 Å². The number of benzene rings is 1. The quantitative estimate of drug-likeness (QED) is 0.878. The van der Waals surface area contributed by atoms with Crippen molar-refractivity contribution in [3.05, 3.63) is 29.3 Å². The minimum atomic E-state index is 0.120. The van der Waals surface area contributed by atoms with E-state index in [0.29, 0.717) is 11.4 Å². The molecule has 2 atom stereocenters. The zero-order valence-corrected chi connectivity index (χ0v) is 10.6. The van der Waals surface area contributed by atoms with E-state index in [1.807, 2.05) is 17.8 Å². The van der Waals surface area contributed by atoms with Crippen LogP contribution in [0.15, 0.2) is 23.1 Å². The number of rotatable bonds is 3. The van der Waals surface area contributed by atoms with Gasteiger partial charge in [0.2, 0.25) is 0 Å². The van der Waals surface area contributed by atoms with Gasteiger partial charge in [-0.1, -0.05) is 12.1 Å². The van der Waals surface area contributed by atoms with Crippen LogP contribution in [-0.2, 0) is 11.3 Å². The molecule has 0 spiro atoms. The Kier molecular flexibility index (Phi) is 3.90. The van der Waals surface area contributed by atoms with Crippen molar-refractivity contribution in [2.45, 2.75) is 43.1 Å². The van der Waals surface area contributed by atoms with Gasteiger partial charge in [0.05, 0.1) is 12.7 Å². The van der Waals surface area contributed by atoms with E-state index in [1.54, 1.807) is 0 Å². The van der Waals surface area contributed by atoms with Gasteiger partial charge in [0.15, 0.2) is 0 Å². The van der Waals surface area contributed by atoms with Crippen LogP contribution in [-0.4, -0.2) is 23.1 Å². The Balaban J connectivity index is 2.09. The maximum absolute atomic E-state index is 9.05. The smallest absolute Gasteiger partial charge is 0.0681 e. The fourth-order valence-electron chi connectivity index (χ4n) is 1.97. The molecule has 0 saturated carbocycles. The summed E-state index contributed by atoms with van der Waals surface area (Å²) < 4.78 is 5.56. The molecule has 0 aromatic heterocycles. The first-order chi connectivity index (χ1) is 7.70. The summed E-state index contributed by atoms with van der Waals surface area (Å²) >= 11 is 1.90. The highest BCUT2D eigenvalue weighted by molar-refractivity contribution is 8.00. The molecule has 0 radical (unpaired) electrons. The minimum Gasteiger partial charge on any atom is -0.392 e. The number of hydrogen-bond donors (Lipinski definition) is 1. The molecule has 0 amide bonds. The summed E-state index contributed by atoms with van der Waals surface area (Å²) in [5.74, 6) is 0. The third kappa shape index (κ3) is 2.59. The second kappa shape index (κ2) is 5.21. The number of aliphatic hydroxyl groups excluding tert-OH is 1. The highest BCUT2D eigenvalue weighted by atomic mass is 32.2. The Morgan fingerprint density at radius 1 is 1.50 bits per heavy atom. The number of thioether (sulfide) groups is 1. The summed E-state index contributed by atoms with van der Waals surface area (Å²) in [6.45, 7) is 5.24. The van der Waals surface area contributed by atoms with Gasteiger partial charge in [0.1, 0.15) is 0 Å². The number of aryl methyl sites for hydroxylation is 1. The minimum absolute atomic E-state index is 0.120. The Bertz CT molecular complexity index is 365. The Hall–Kier alpha value is -0.510. The first-order valence-corrected chi connectivity index (χ1v) is 6.57. The second-order valence-corrected chi connectivity index (χ2v) is 5.56. The molecule has 88 valence electrons. The topological polar surface area (TPSA) is 29.5 Å². The van der Waals surface area contributed by atoms with Crippen LogP contribution in [0.4, 0.5) is 0 Å². The van der Waals surface area contributed by atoms with Crippen LogP contribution in [0, 0.1) is 6.92 Å². The summed E-state index contributed by atoms with van der Waals surface area (Å²) in [6.07, 6.45) is 1.48. The molecule has 1 heterocycles. The van der Waals surface area contributed by atoms with Gasteiger partial charge in [-0.25, -0.2) is 0 Å². The van der Waals surface area contributed by atoms with Crippen LogP contribution in [0.1, 0.15) is 24.5 Å². The van der Waals surface area contributed by atoms with Crippen molar-refractivity contribution >= 4 is 11.8 Å². The molecule has 1 fully saturated rings. The van der Waals surface area contributed by atoms with Gasteiger partial charge < -0.3 is 9.84 Å². The lowest BCUT2D eigenvalue weighted by Crippen LogP contribution is -2.13. The monoisotopic (exact) mass is 238 g/mol. The van der Waals surface area contributed by atoms with Crippen molar-refractivity contribution in [1.82, 2.24) is 0 Å². The molecule has 2 unspecified atom stereocenters. The van der Waals surface area contributed by atoms with Gasteiger partial charge in [0, 0.05) is 16.8 Å². The van der Waals surface area contributed by atoms with Gasteiger partial charge in [-0.05, 0) is 37.5 Å². The highest BCUT2D eigenvalue weighted by Crippen LogP contribution is 2.34. The van der Waals surface area contributed by atoms with Crippen molar-refractivity contribution < 1.29 is 9.84 Å². The predicted octanol–water partition coefficient (Wildman–Crippen LogP) is 2.76. The fraction of sp³-hybridized carbons (Fsp3) is 0.538. The molecule has 0 aliphatic carbocycles. The lowest BCUT2D eigenvalue weighted by molar-refractivity contribution is 0.127. The molecule has 16 heavy (non-hydrogen) atoms. The molecule has 1 aliphatic heterocycles. The van der Waals surface area contributed by atoms with Crippen LogP contribution >= 0.6 is 11.8 Å². The van der Waals surface area contributed by atoms with Crippen molar-refractivity contribution in [2.24, 2.45) is 0 Å². The Labute approximate surface area is 101 Å². The molecule has 1 N–H and O–H groups in total. The molecular formula is C13H18O2S. The average Bonchev–Trinajstić information content (AvgIpc) is 2.67. The first-order valence-electron chi connectivity index (χ1n) is 5.69. The summed E-state index contributed by atoms with van der Waals surface area (Å²) in [4.78, 5) is 1.31. The summed E-state index contributed by atoms with van der Waals surface area (Å²) in [5.41, 5.74) is 2.23. The molecule has 3 heteroatoms. The third-order valence-electron chi connectivity index (χ3n) is 3.01. The van der Waals surface area contributed by atoms with E-state index in [-0.39, 0.29) is 6.61 Å². The zero-order chi connectivity index (χ0) is 11.5.